The van der Waals surface area contributed by atoms with Crippen molar-refractivity contribution >= 4 is 11.8 Å². The molecule has 0 aromatic rings. The molecule has 0 bridgehead atoms. The first-order valence-electron chi connectivity index (χ1n) is 6.62. The van der Waals surface area contributed by atoms with Crippen molar-refractivity contribution in [2.45, 2.75) is 52.1 Å². The van der Waals surface area contributed by atoms with Crippen LogP contribution in [0.15, 0.2) is 24.0 Å². The van der Waals surface area contributed by atoms with Gasteiger partial charge in [0.25, 0.3) is 0 Å². The van der Waals surface area contributed by atoms with Gasteiger partial charge in [-0.15, -0.1) is 0 Å². The first-order chi connectivity index (χ1) is 8.87. The lowest BCUT2D eigenvalue weighted by Gasteiger charge is -2.17. The molecule has 0 saturated carbocycles. The van der Waals surface area contributed by atoms with Gasteiger partial charge in [0.1, 0.15) is 5.60 Å². The number of allylic oxidation sites excluding steroid dienone is 2. The normalized spacial score (nSPS) is 16.4. The molecule has 4 heteroatoms. The summed E-state index contributed by atoms with van der Waals surface area (Å²) < 4.78 is 10.6. The second-order valence-electron chi connectivity index (χ2n) is 5.50. The molecule has 0 radical (unpaired) electrons. The number of hydrogen-bond donors (Lipinski definition) is 0. The fourth-order valence-corrected chi connectivity index (χ4v) is 1.65. The van der Waals surface area contributed by atoms with Crippen molar-refractivity contribution in [1.82, 2.24) is 0 Å². The van der Waals surface area contributed by atoms with Gasteiger partial charge in [0, 0.05) is 25.0 Å². The molecule has 0 aromatic heterocycles. The van der Waals surface area contributed by atoms with Crippen LogP contribution in [0.3, 0.4) is 0 Å². The van der Waals surface area contributed by atoms with Crippen LogP contribution in [-0.4, -0.2) is 24.0 Å². The SMILES string of the molecule is CC(C)(C)OC(=O)/C=C/CCOC1=CC(=O)CCC1. The number of rotatable bonds is 5. The molecule has 0 spiro atoms. The third-order valence-electron chi connectivity index (χ3n) is 2.40. The first kappa shape index (κ1) is 15.5. The number of esters is 1. The Morgan fingerprint density at radius 3 is 2.74 bits per heavy atom. The number of carbonyl (C=O) groups excluding carboxylic acids is 2. The Morgan fingerprint density at radius 1 is 1.37 bits per heavy atom. The zero-order valence-corrected chi connectivity index (χ0v) is 11.9. The van der Waals surface area contributed by atoms with Crippen molar-refractivity contribution in [3.8, 4) is 0 Å². The molecule has 0 aromatic carbocycles. The minimum atomic E-state index is -0.467. The van der Waals surface area contributed by atoms with E-state index < -0.39 is 5.60 Å². The number of ketones is 1. The summed E-state index contributed by atoms with van der Waals surface area (Å²) in [5.74, 6) is 0.534. The van der Waals surface area contributed by atoms with Crippen molar-refractivity contribution in [1.29, 1.82) is 0 Å². The second-order valence-corrected chi connectivity index (χ2v) is 5.50. The Bertz CT molecular complexity index is 385. The van der Waals surface area contributed by atoms with Gasteiger partial charge in [-0.3, -0.25) is 4.79 Å². The van der Waals surface area contributed by atoms with Crippen LogP contribution in [0.5, 0.6) is 0 Å². The van der Waals surface area contributed by atoms with Crippen LogP contribution in [-0.2, 0) is 19.1 Å². The van der Waals surface area contributed by atoms with Gasteiger partial charge < -0.3 is 9.47 Å². The molecule has 19 heavy (non-hydrogen) atoms. The molecule has 0 aliphatic heterocycles. The molecule has 4 nitrogen and oxygen atoms in total. The highest BCUT2D eigenvalue weighted by Crippen LogP contribution is 2.16. The summed E-state index contributed by atoms with van der Waals surface area (Å²) in [6.07, 6.45) is 7.62. The standard InChI is InChI=1S/C15H22O4/c1-15(2,3)19-14(17)9-4-5-10-18-13-8-6-7-12(16)11-13/h4,9,11H,5-8,10H2,1-3H3/b9-4+. The molecule has 0 amide bonds. The number of ether oxygens (including phenoxy) is 2. The average Bonchev–Trinajstić information content (AvgIpc) is 2.26. The molecule has 0 heterocycles. The van der Waals surface area contributed by atoms with Crippen LogP contribution in [0, 0.1) is 0 Å². The van der Waals surface area contributed by atoms with Crippen molar-refractivity contribution in [3.05, 3.63) is 24.0 Å². The smallest absolute Gasteiger partial charge is 0.330 e. The maximum atomic E-state index is 11.4. The second kappa shape index (κ2) is 7.12. The summed E-state index contributed by atoms with van der Waals surface area (Å²) in [4.78, 5) is 22.5. The van der Waals surface area contributed by atoms with Gasteiger partial charge in [-0.25, -0.2) is 4.79 Å². The Kier molecular flexibility index (Phi) is 5.80. The topological polar surface area (TPSA) is 52.6 Å². The predicted molar refractivity (Wildman–Crippen MR) is 72.5 cm³/mol. The maximum absolute atomic E-state index is 11.4. The number of hydrogen-bond acceptors (Lipinski definition) is 4. The molecule has 1 aliphatic rings. The van der Waals surface area contributed by atoms with Crippen LogP contribution >= 0.6 is 0 Å². The molecule has 1 aliphatic carbocycles. The van der Waals surface area contributed by atoms with Gasteiger partial charge >= 0.3 is 5.97 Å². The molecular formula is C15H22O4. The monoisotopic (exact) mass is 266 g/mol. The van der Waals surface area contributed by atoms with Gasteiger partial charge in [0.2, 0.25) is 0 Å². The zero-order chi connectivity index (χ0) is 14.3. The van der Waals surface area contributed by atoms with E-state index >= 15 is 0 Å². The lowest BCUT2D eigenvalue weighted by Crippen LogP contribution is -2.22. The Labute approximate surface area is 114 Å². The van der Waals surface area contributed by atoms with Gasteiger partial charge in [-0.1, -0.05) is 6.08 Å². The highest BCUT2D eigenvalue weighted by atomic mass is 16.6. The molecule has 0 fully saturated rings. The third kappa shape index (κ3) is 7.44. The van der Waals surface area contributed by atoms with E-state index in [0.29, 0.717) is 19.4 Å². The van der Waals surface area contributed by atoms with E-state index in [1.165, 1.54) is 6.08 Å². The van der Waals surface area contributed by atoms with Gasteiger partial charge in [0.15, 0.2) is 5.78 Å². The van der Waals surface area contributed by atoms with Crippen LogP contribution in [0.25, 0.3) is 0 Å². The fourth-order valence-electron chi connectivity index (χ4n) is 1.65. The van der Waals surface area contributed by atoms with Crippen molar-refractivity contribution in [3.63, 3.8) is 0 Å². The highest BCUT2D eigenvalue weighted by molar-refractivity contribution is 5.90. The summed E-state index contributed by atoms with van der Waals surface area (Å²) in [5, 5.41) is 0. The Balaban J connectivity index is 2.20. The van der Waals surface area contributed by atoms with E-state index in [1.807, 2.05) is 20.8 Å². The summed E-state index contributed by atoms with van der Waals surface area (Å²) >= 11 is 0. The lowest BCUT2D eigenvalue weighted by atomic mass is 10.1. The molecule has 0 N–H and O–H groups in total. The quantitative estimate of drug-likeness (QED) is 0.436. The summed E-state index contributed by atoms with van der Waals surface area (Å²) in [5.41, 5.74) is -0.467. The molecular weight excluding hydrogens is 244 g/mol. The molecule has 0 unspecified atom stereocenters. The lowest BCUT2D eigenvalue weighted by molar-refractivity contribution is -0.148. The molecule has 0 saturated heterocycles. The van der Waals surface area contributed by atoms with Gasteiger partial charge in [0.05, 0.1) is 12.4 Å². The third-order valence-corrected chi connectivity index (χ3v) is 2.40. The molecule has 1 rings (SSSR count). The molecule has 106 valence electrons. The maximum Gasteiger partial charge on any atom is 0.330 e. The minimum absolute atomic E-state index is 0.130. The van der Waals surface area contributed by atoms with Crippen LogP contribution < -0.4 is 0 Å². The van der Waals surface area contributed by atoms with E-state index in [-0.39, 0.29) is 11.8 Å². The van der Waals surface area contributed by atoms with Crippen LogP contribution in [0.2, 0.25) is 0 Å². The summed E-state index contributed by atoms with van der Waals surface area (Å²) in [6, 6.07) is 0. The van der Waals surface area contributed by atoms with Gasteiger partial charge in [-0.05, 0) is 33.6 Å². The summed E-state index contributed by atoms with van der Waals surface area (Å²) in [7, 11) is 0. The van der Waals surface area contributed by atoms with Crippen LogP contribution in [0.1, 0.15) is 46.5 Å². The van der Waals surface area contributed by atoms with Gasteiger partial charge in [-0.2, -0.15) is 0 Å². The van der Waals surface area contributed by atoms with Crippen molar-refractivity contribution < 1.29 is 19.1 Å². The minimum Gasteiger partial charge on any atom is -0.497 e. The highest BCUT2D eigenvalue weighted by Gasteiger charge is 2.13. The van der Waals surface area contributed by atoms with Crippen molar-refractivity contribution in [2.75, 3.05) is 6.61 Å². The first-order valence-corrected chi connectivity index (χ1v) is 6.62. The Hall–Kier alpha value is -1.58. The number of carbonyl (C=O) groups is 2. The van der Waals surface area contributed by atoms with E-state index in [1.54, 1.807) is 12.2 Å². The van der Waals surface area contributed by atoms with E-state index in [4.69, 9.17) is 9.47 Å². The fraction of sp³-hybridized carbons (Fsp3) is 0.600. The zero-order valence-electron chi connectivity index (χ0n) is 11.9. The van der Waals surface area contributed by atoms with E-state index in [0.717, 1.165) is 18.6 Å². The van der Waals surface area contributed by atoms with Crippen LogP contribution in [0.4, 0.5) is 0 Å². The Morgan fingerprint density at radius 2 is 2.11 bits per heavy atom. The van der Waals surface area contributed by atoms with Crippen molar-refractivity contribution in [2.24, 2.45) is 0 Å². The molecule has 0 atom stereocenters. The van der Waals surface area contributed by atoms with E-state index in [2.05, 4.69) is 0 Å². The summed E-state index contributed by atoms with van der Waals surface area (Å²) in [6.45, 7) is 5.95. The average molecular weight is 266 g/mol. The largest absolute Gasteiger partial charge is 0.497 e. The van der Waals surface area contributed by atoms with E-state index in [9.17, 15) is 9.59 Å². The predicted octanol–water partition coefficient (Wildman–Crippen LogP) is 2.93.